The van der Waals surface area contributed by atoms with Gasteiger partial charge in [-0.05, 0) is 24.6 Å². The third-order valence-electron chi connectivity index (χ3n) is 3.12. The number of aliphatic hydroxyl groups is 1. The van der Waals surface area contributed by atoms with Gasteiger partial charge in [0.15, 0.2) is 0 Å². The second-order valence-corrected chi connectivity index (χ2v) is 5.16. The summed E-state index contributed by atoms with van der Waals surface area (Å²) in [6, 6.07) is 5.62. The Balaban J connectivity index is 2.20. The van der Waals surface area contributed by atoms with Crippen LogP contribution in [0.2, 0.25) is 5.02 Å². The monoisotopic (exact) mass is 270 g/mol. The molecule has 0 bridgehead atoms. The molecular formula is C12H15ClN2OS. The van der Waals surface area contributed by atoms with Gasteiger partial charge in [0.25, 0.3) is 0 Å². The van der Waals surface area contributed by atoms with Crippen molar-refractivity contribution in [1.29, 1.82) is 0 Å². The Morgan fingerprint density at radius 1 is 1.59 bits per heavy atom. The fourth-order valence-corrected chi connectivity index (χ4v) is 2.54. The predicted octanol–water partition coefficient (Wildman–Crippen LogP) is 1.79. The van der Waals surface area contributed by atoms with E-state index in [4.69, 9.17) is 34.7 Å². The van der Waals surface area contributed by atoms with E-state index in [-0.39, 0.29) is 6.61 Å². The van der Waals surface area contributed by atoms with Gasteiger partial charge in [0.1, 0.15) is 4.99 Å². The highest BCUT2D eigenvalue weighted by atomic mass is 35.5. The highest BCUT2D eigenvalue weighted by Gasteiger charge is 2.23. The van der Waals surface area contributed by atoms with Crippen LogP contribution in [0.25, 0.3) is 0 Å². The maximum absolute atomic E-state index is 9.12. The largest absolute Gasteiger partial charge is 0.396 e. The lowest BCUT2D eigenvalue weighted by atomic mass is 10.1. The lowest BCUT2D eigenvalue weighted by Crippen LogP contribution is -2.21. The van der Waals surface area contributed by atoms with Crippen LogP contribution in [-0.4, -0.2) is 29.8 Å². The second kappa shape index (κ2) is 5.21. The summed E-state index contributed by atoms with van der Waals surface area (Å²) < 4.78 is 0. The van der Waals surface area contributed by atoms with Crippen molar-refractivity contribution in [1.82, 2.24) is 0 Å². The number of halogens is 1. The molecule has 1 aliphatic heterocycles. The van der Waals surface area contributed by atoms with Crippen molar-refractivity contribution in [2.75, 3.05) is 24.6 Å². The quantitative estimate of drug-likeness (QED) is 0.823. The number of rotatable bonds is 3. The van der Waals surface area contributed by atoms with Gasteiger partial charge in [-0.2, -0.15) is 0 Å². The van der Waals surface area contributed by atoms with Gasteiger partial charge in [0.2, 0.25) is 0 Å². The van der Waals surface area contributed by atoms with Crippen molar-refractivity contribution < 1.29 is 5.11 Å². The summed E-state index contributed by atoms with van der Waals surface area (Å²) >= 11 is 11.1. The van der Waals surface area contributed by atoms with Crippen molar-refractivity contribution in [3.63, 3.8) is 0 Å². The van der Waals surface area contributed by atoms with E-state index in [0.29, 0.717) is 15.9 Å². The molecule has 0 amide bonds. The summed E-state index contributed by atoms with van der Waals surface area (Å²) in [4.78, 5) is 2.54. The highest BCUT2D eigenvalue weighted by Crippen LogP contribution is 2.31. The summed E-state index contributed by atoms with van der Waals surface area (Å²) in [5, 5.41) is 9.78. The number of hydrogen-bond acceptors (Lipinski definition) is 3. The molecule has 1 atom stereocenters. The SMILES string of the molecule is NC(=S)c1ccc(N2CCC(CO)C2)c(Cl)c1. The average molecular weight is 271 g/mol. The zero-order valence-corrected chi connectivity index (χ0v) is 11.0. The van der Waals surface area contributed by atoms with Gasteiger partial charge in [0, 0.05) is 31.2 Å². The number of benzene rings is 1. The molecule has 1 heterocycles. The van der Waals surface area contributed by atoms with Gasteiger partial charge in [-0.15, -0.1) is 0 Å². The first-order valence-corrected chi connectivity index (χ1v) is 6.35. The maximum Gasteiger partial charge on any atom is 0.104 e. The third-order valence-corrected chi connectivity index (χ3v) is 3.66. The first-order chi connectivity index (χ1) is 8.11. The Kier molecular flexibility index (Phi) is 3.86. The van der Waals surface area contributed by atoms with Crippen LogP contribution in [0.15, 0.2) is 18.2 Å². The fourth-order valence-electron chi connectivity index (χ4n) is 2.12. The fraction of sp³-hybridized carbons (Fsp3) is 0.417. The minimum Gasteiger partial charge on any atom is -0.396 e. The normalized spacial score (nSPS) is 19.6. The van der Waals surface area contributed by atoms with Crippen LogP contribution in [-0.2, 0) is 0 Å². The van der Waals surface area contributed by atoms with E-state index in [1.807, 2.05) is 12.1 Å². The maximum atomic E-state index is 9.12. The van der Waals surface area contributed by atoms with Crippen molar-refractivity contribution >= 4 is 34.5 Å². The topological polar surface area (TPSA) is 49.5 Å². The Morgan fingerprint density at radius 3 is 2.88 bits per heavy atom. The molecule has 2 rings (SSSR count). The first-order valence-electron chi connectivity index (χ1n) is 5.57. The second-order valence-electron chi connectivity index (χ2n) is 4.31. The smallest absolute Gasteiger partial charge is 0.104 e. The van der Waals surface area contributed by atoms with Crippen LogP contribution < -0.4 is 10.6 Å². The molecular weight excluding hydrogens is 256 g/mol. The summed E-state index contributed by atoms with van der Waals surface area (Å²) in [5.74, 6) is 0.348. The van der Waals surface area contributed by atoms with E-state index in [0.717, 1.165) is 30.8 Å². The van der Waals surface area contributed by atoms with Gasteiger partial charge < -0.3 is 15.7 Å². The molecule has 1 unspecified atom stereocenters. The molecule has 0 saturated carbocycles. The lowest BCUT2D eigenvalue weighted by molar-refractivity contribution is 0.238. The van der Waals surface area contributed by atoms with E-state index in [1.165, 1.54) is 0 Å². The highest BCUT2D eigenvalue weighted by molar-refractivity contribution is 7.80. The van der Waals surface area contributed by atoms with Crippen LogP contribution in [0.5, 0.6) is 0 Å². The zero-order valence-electron chi connectivity index (χ0n) is 9.40. The molecule has 17 heavy (non-hydrogen) atoms. The van der Waals surface area contributed by atoms with Crippen LogP contribution in [0.1, 0.15) is 12.0 Å². The van der Waals surface area contributed by atoms with Gasteiger partial charge in [0.05, 0.1) is 10.7 Å². The van der Waals surface area contributed by atoms with Crippen LogP contribution in [0.3, 0.4) is 0 Å². The third kappa shape index (κ3) is 2.70. The first kappa shape index (κ1) is 12.6. The van der Waals surface area contributed by atoms with E-state index < -0.39 is 0 Å². The standard InChI is InChI=1S/C12H15ClN2OS/c13-10-5-9(12(14)17)1-2-11(10)15-4-3-8(6-15)7-16/h1-2,5,8,16H,3-4,6-7H2,(H2,14,17). The van der Waals surface area contributed by atoms with Gasteiger partial charge in [-0.25, -0.2) is 0 Å². The molecule has 1 aromatic carbocycles. The van der Waals surface area contributed by atoms with Crippen LogP contribution in [0, 0.1) is 5.92 Å². The van der Waals surface area contributed by atoms with Crippen molar-refractivity contribution in [3.8, 4) is 0 Å². The van der Waals surface area contributed by atoms with Gasteiger partial charge in [-0.1, -0.05) is 23.8 Å². The van der Waals surface area contributed by atoms with E-state index in [9.17, 15) is 0 Å². The Hall–Kier alpha value is -0.840. The van der Waals surface area contributed by atoms with Crippen molar-refractivity contribution in [2.45, 2.75) is 6.42 Å². The predicted molar refractivity (Wildman–Crippen MR) is 74.7 cm³/mol. The number of nitrogens with zero attached hydrogens (tertiary/aromatic N) is 1. The number of hydrogen-bond donors (Lipinski definition) is 2. The van der Waals surface area contributed by atoms with Crippen molar-refractivity contribution in [3.05, 3.63) is 28.8 Å². The molecule has 3 N–H and O–H groups in total. The molecule has 0 radical (unpaired) electrons. The number of nitrogens with two attached hydrogens (primary N) is 1. The molecule has 1 fully saturated rings. The molecule has 1 aliphatic rings. The Bertz CT molecular complexity index is 439. The summed E-state index contributed by atoms with van der Waals surface area (Å²) in [7, 11) is 0. The number of anilines is 1. The molecule has 3 nitrogen and oxygen atoms in total. The molecule has 0 aromatic heterocycles. The molecule has 0 spiro atoms. The molecule has 5 heteroatoms. The Morgan fingerprint density at radius 2 is 2.35 bits per heavy atom. The number of thiocarbonyl (C=S) groups is 1. The average Bonchev–Trinajstić information content (AvgIpc) is 2.77. The lowest BCUT2D eigenvalue weighted by Gasteiger charge is -2.20. The van der Waals surface area contributed by atoms with Crippen LogP contribution in [0.4, 0.5) is 5.69 Å². The van der Waals surface area contributed by atoms with Crippen LogP contribution >= 0.6 is 23.8 Å². The van der Waals surface area contributed by atoms with E-state index >= 15 is 0 Å². The molecule has 1 aromatic rings. The molecule has 1 saturated heterocycles. The van der Waals surface area contributed by atoms with E-state index in [1.54, 1.807) is 6.07 Å². The zero-order chi connectivity index (χ0) is 12.4. The van der Waals surface area contributed by atoms with E-state index in [2.05, 4.69) is 4.90 Å². The van der Waals surface area contributed by atoms with Crippen molar-refractivity contribution in [2.24, 2.45) is 11.7 Å². The van der Waals surface area contributed by atoms with Gasteiger partial charge >= 0.3 is 0 Å². The Labute approximate surface area is 111 Å². The number of aliphatic hydroxyl groups excluding tert-OH is 1. The molecule has 92 valence electrons. The van der Waals surface area contributed by atoms with Gasteiger partial charge in [-0.3, -0.25) is 0 Å². The minimum atomic E-state index is 0.235. The summed E-state index contributed by atoms with van der Waals surface area (Å²) in [6.45, 7) is 2.01. The minimum absolute atomic E-state index is 0.235. The molecule has 0 aliphatic carbocycles. The summed E-state index contributed by atoms with van der Waals surface area (Å²) in [5.41, 5.74) is 7.33. The summed E-state index contributed by atoms with van der Waals surface area (Å²) in [6.07, 6.45) is 1.00.